The quantitative estimate of drug-likeness (QED) is 0.580. The molecule has 84 valence electrons. The first-order chi connectivity index (χ1) is 7.15. The number of carbonyl (C=O) groups is 1. The van der Waals surface area contributed by atoms with Gasteiger partial charge in [0.2, 0.25) is 0 Å². The van der Waals surface area contributed by atoms with E-state index in [1.54, 1.807) is 0 Å². The molecule has 1 rings (SSSR count). The smallest absolute Gasteiger partial charge is 0.147 e. The fourth-order valence-corrected chi connectivity index (χ4v) is 2.51. The third-order valence-corrected chi connectivity index (χ3v) is 3.62. The zero-order valence-electron chi connectivity index (χ0n) is 9.16. The SMILES string of the molecule is CCC1CCC(C)/C(=C\O)C(Cl)=C1C=O. The number of aliphatic hydroxyl groups is 1. The lowest BCUT2D eigenvalue weighted by atomic mass is 9.93. The molecule has 1 aliphatic rings. The Kier molecular flexibility index (Phi) is 4.40. The van der Waals surface area contributed by atoms with Crippen molar-refractivity contribution in [1.29, 1.82) is 0 Å². The summed E-state index contributed by atoms with van der Waals surface area (Å²) in [7, 11) is 0. The molecule has 0 aromatic heterocycles. The van der Waals surface area contributed by atoms with Crippen LogP contribution in [0.4, 0.5) is 0 Å². The topological polar surface area (TPSA) is 37.3 Å². The number of hydrogen-bond acceptors (Lipinski definition) is 2. The fraction of sp³-hybridized carbons (Fsp3) is 0.583. The normalized spacial score (nSPS) is 30.5. The molecule has 2 nitrogen and oxygen atoms in total. The van der Waals surface area contributed by atoms with Crippen molar-refractivity contribution in [3.8, 4) is 0 Å². The summed E-state index contributed by atoms with van der Waals surface area (Å²) >= 11 is 6.14. The van der Waals surface area contributed by atoms with Gasteiger partial charge in [-0.2, -0.15) is 0 Å². The second-order valence-corrected chi connectivity index (χ2v) is 4.43. The molecular weight excluding hydrogens is 212 g/mol. The summed E-state index contributed by atoms with van der Waals surface area (Å²) in [5, 5.41) is 9.58. The van der Waals surface area contributed by atoms with Crippen molar-refractivity contribution in [2.75, 3.05) is 0 Å². The summed E-state index contributed by atoms with van der Waals surface area (Å²) in [6.07, 6.45) is 4.69. The van der Waals surface area contributed by atoms with Crippen LogP contribution in [-0.4, -0.2) is 11.4 Å². The van der Waals surface area contributed by atoms with Gasteiger partial charge < -0.3 is 5.11 Å². The van der Waals surface area contributed by atoms with Crippen LogP contribution in [0.2, 0.25) is 0 Å². The van der Waals surface area contributed by atoms with Crippen LogP contribution in [0.25, 0.3) is 0 Å². The average Bonchev–Trinajstić information content (AvgIpc) is 2.35. The van der Waals surface area contributed by atoms with Crippen LogP contribution in [0, 0.1) is 11.8 Å². The van der Waals surface area contributed by atoms with Crippen molar-refractivity contribution in [1.82, 2.24) is 0 Å². The maximum Gasteiger partial charge on any atom is 0.147 e. The van der Waals surface area contributed by atoms with E-state index in [1.807, 2.05) is 6.92 Å². The van der Waals surface area contributed by atoms with Gasteiger partial charge in [0.1, 0.15) is 6.29 Å². The van der Waals surface area contributed by atoms with Crippen LogP contribution in [0.1, 0.15) is 33.1 Å². The molecule has 0 aromatic carbocycles. The number of aldehydes is 1. The number of rotatable bonds is 2. The summed E-state index contributed by atoms with van der Waals surface area (Å²) in [6, 6.07) is 0. The molecule has 0 spiro atoms. The van der Waals surface area contributed by atoms with Crippen molar-refractivity contribution in [2.24, 2.45) is 11.8 Å². The van der Waals surface area contributed by atoms with E-state index in [4.69, 9.17) is 16.7 Å². The van der Waals surface area contributed by atoms with E-state index >= 15 is 0 Å². The molecule has 0 heterocycles. The van der Waals surface area contributed by atoms with E-state index in [2.05, 4.69) is 6.92 Å². The lowest BCUT2D eigenvalue weighted by Gasteiger charge is -2.12. The van der Waals surface area contributed by atoms with E-state index < -0.39 is 0 Å². The van der Waals surface area contributed by atoms with Crippen molar-refractivity contribution in [2.45, 2.75) is 33.1 Å². The van der Waals surface area contributed by atoms with Crippen LogP contribution < -0.4 is 0 Å². The van der Waals surface area contributed by atoms with Crippen molar-refractivity contribution in [3.05, 3.63) is 22.4 Å². The number of carbonyl (C=O) groups excluding carboxylic acids is 1. The van der Waals surface area contributed by atoms with Crippen molar-refractivity contribution in [3.63, 3.8) is 0 Å². The highest BCUT2D eigenvalue weighted by atomic mass is 35.5. The summed E-state index contributed by atoms with van der Waals surface area (Å²) in [6.45, 7) is 4.07. The Bertz CT molecular complexity index is 305. The molecular formula is C12H17ClO2. The van der Waals surface area contributed by atoms with Crippen LogP contribution in [-0.2, 0) is 4.79 Å². The van der Waals surface area contributed by atoms with Gasteiger partial charge in [0.15, 0.2) is 0 Å². The first kappa shape index (κ1) is 12.3. The Balaban J connectivity index is 3.18. The van der Waals surface area contributed by atoms with Crippen LogP contribution >= 0.6 is 11.6 Å². The number of hydrogen-bond donors (Lipinski definition) is 1. The summed E-state index contributed by atoms with van der Waals surface area (Å²) in [5.74, 6) is 0.448. The molecule has 0 amide bonds. The lowest BCUT2D eigenvalue weighted by Crippen LogP contribution is -2.04. The molecule has 0 aromatic rings. The van der Waals surface area contributed by atoms with E-state index in [1.165, 1.54) is 0 Å². The second kappa shape index (κ2) is 5.36. The third kappa shape index (κ3) is 2.43. The molecule has 2 unspecified atom stereocenters. The van der Waals surface area contributed by atoms with Crippen molar-refractivity contribution < 1.29 is 9.90 Å². The third-order valence-electron chi connectivity index (χ3n) is 3.18. The van der Waals surface area contributed by atoms with Crippen LogP contribution in [0.5, 0.6) is 0 Å². The Morgan fingerprint density at radius 1 is 1.53 bits per heavy atom. The summed E-state index contributed by atoms with van der Waals surface area (Å²) in [5.41, 5.74) is 1.33. The Labute approximate surface area is 95.6 Å². The molecule has 1 N–H and O–H groups in total. The monoisotopic (exact) mass is 228 g/mol. The zero-order valence-corrected chi connectivity index (χ0v) is 9.92. The first-order valence-electron chi connectivity index (χ1n) is 5.35. The van der Waals surface area contributed by atoms with Gasteiger partial charge in [-0.25, -0.2) is 0 Å². The molecule has 0 aliphatic heterocycles. The zero-order chi connectivity index (χ0) is 11.4. The van der Waals surface area contributed by atoms with E-state index in [0.717, 1.165) is 31.8 Å². The molecule has 3 heteroatoms. The minimum atomic E-state index is 0.217. The van der Waals surface area contributed by atoms with Gasteiger partial charge in [-0.05, 0) is 31.1 Å². The van der Waals surface area contributed by atoms with E-state index in [0.29, 0.717) is 16.2 Å². The molecule has 2 atom stereocenters. The van der Waals surface area contributed by atoms with Gasteiger partial charge in [-0.3, -0.25) is 4.79 Å². The first-order valence-corrected chi connectivity index (χ1v) is 5.72. The van der Waals surface area contributed by atoms with Crippen molar-refractivity contribution >= 4 is 17.9 Å². The molecule has 0 saturated carbocycles. The van der Waals surface area contributed by atoms with Gasteiger partial charge >= 0.3 is 0 Å². The molecule has 0 saturated heterocycles. The molecule has 0 fully saturated rings. The van der Waals surface area contributed by atoms with Crippen LogP contribution in [0.3, 0.4) is 0 Å². The van der Waals surface area contributed by atoms with Crippen LogP contribution in [0.15, 0.2) is 22.4 Å². The second-order valence-electron chi connectivity index (χ2n) is 4.06. The minimum absolute atomic E-state index is 0.217. The van der Waals surface area contributed by atoms with Gasteiger partial charge in [-0.1, -0.05) is 25.4 Å². The number of halogens is 1. The highest BCUT2D eigenvalue weighted by molar-refractivity contribution is 6.33. The Morgan fingerprint density at radius 3 is 2.67 bits per heavy atom. The largest absolute Gasteiger partial charge is 0.515 e. The minimum Gasteiger partial charge on any atom is -0.515 e. The lowest BCUT2D eigenvalue weighted by molar-refractivity contribution is -0.105. The highest BCUT2D eigenvalue weighted by Crippen LogP contribution is 2.37. The summed E-state index contributed by atoms with van der Waals surface area (Å²) in [4.78, 5) is 11.0. The predicted molar refractivity (Wildman–Crippen MR) is 61.8 cm³/mol. The molecule has 0 bridgehead atoms. The van der Waals surface area contributed by atoms with Gasteiger partial charge in [0.05, 0.1) is 11.3 Å². The molecule has 15 heavy (non-hydrogen) atoms. The predicted octanol–water partition coefficient (Wildman–Crippen LogP) is 3.58. The maximum atomic E-state index is 11.0. The average molecular weight is 229 g/mol. The summed E-state index contributed by atoms with van der Waals surface area (Å²) < 4.78 is 0. The number of allylic oxidation sites excluding steroid dienone is 3. The van der Waals surface area contributed by atoms with E-state index in [9.17, 15) is 4.79 Å². The fourth-order valence-electron chi connectivity index (χ4n) is 2.08. The van der Waals surface area contributed by atoms with Gasteiger partial charge in [0, 0.05) is 11.1 Å². The molecule has 1 aliphatic carbocycles. The van der Waals surface area contributed by atoms with E-state index in [-0.39, 0.29) is 11.8 Å². The number of aliphatic hydroxyl groups excluding tert-OH is 1. The maximum absolute atomic E-state index is 11.0. The Morgan fingerprint density at radius 2 is 2.20 bits per heavy atom. The highest BCUT2D eigenvalue weighted by Gasteiger charge is 2.25. The van der Waals surface area contributed by atoms with Gasteiger partial charge in [0.25, 0.3) is 0 Å². The standard InChI is InChI=1S/C12H17ClO2/c1-3-9-5-4-8(2)10(6-14)12(13)11(9)7-15/h6-9,14H,3-5H2,1-2H3/b10-6+. The Hall–Kier alpha value is -0.760. The van der Waals surface area contributed by atoms with Gasteiger partial charge in [-0.15, -0.1) is 0 Å². The molecule has 0 radical (unpaired) electrons.